The highest BCUT2D eigenvalue weighted by Gasteiger charge is 2.42. The number of carbonyl (C=O) groups excluding carboxylic acids is 3. The van der Waals surface area contributed by atoms with Gasteiger partial charge in [-0.1, -0.05) is 54.6 Å². The van der Waals surface area contributed by atoms with Crippen LogP contribution >= 0.6 is 0 Å². The van der Waals surface area contributed by atoms with Crippen molar-refractivity contribution >= 4 is 17.9 Å². The second kappa shape index (κ2) is 10.5. The Balaban J connectivity index is 1.51. The standard InChI is InChI=1S/C26H20O8/c27-21-22(33-24(29)18-12-6-2-7-13-18)20(16-31-23(28)17-10-4-1-5-11-17)32-26(21)34-25(30)19-14-8-3-9-15-19/h1-15,21,26-27H,16H2. The second-order valence-electron chi connectivity index (χ2n) is 7.19. The van der Waals surface area contributed by atoms with E-state index in [2.05, 4.69) is 0 Å². The summed E-state index contributed by atoms with van der Waals surface area (Å²) in [7, 11) is 0. The molecule has 2 atom stereocenters. The van der Waals surface area contributed by atoms with Crippen LogP contribution in [-0.2, 0) is 18.9 Å². The topological polar surface area (TPSA) is 108 Å². The molecule has 1 N–H and O–H groups in total. The van der Waals surface area contributed by atoms with Gasteiger partial charge in [-0.2, -0.15) is 0 Å². The van der Waals surface area contributed by atoms with Gasteiger partial charge in [0.05, 0.1) is 16.7 Å². The predicted octanol–water partition coefficient (Wildman–Crippen LogP) is 3.49. The van der Waals surface area contributed by atoms with Crippen molar-refractivity contribution in [2.24, 2.45) is 0 Å². The molecule has 0 fully saturated rings. The van der Waals surface area contributed by atoms with E-state index >= 15 is 0 Å². The molecule has 1 aliphatic heterocycles. The molecule has 4 rings (SSSR count). The Kier molecular flexibility index (Phi) is 7.00. The van der Waals surface area contributed by atoms with Gasteiger partial charge in [0, 0.05) is 0 Å². The fourth-order valence-electron chi connectivity index (χ4n) is 3.13. The van der Waals surface area contributed by atoms with Crippen LogP contribution in [0.15, 0.2) is 103 Å². The molecule has 1 heterocycles. The predicted molar refractivity (Wildman–Crippen MR) is 118 cm³/mol. The van der Waals surface area contributed by atoms with E-state index in [0.717, 1.165) is 0 Å². The van der Waals surface area contributed by atoms with E-state index in [0.29, 0.717) is 5.56 Å². The van der Waals surface area contributed by atoms with E-state index in [1.165, 1.54) is 24.3 Å². The zero-order valence-electron chi connectivity index (χ0n) is 17.8. The lowest BCUT2D eigenvalue weighted by Gasteiger charge is -2.16. The summed E-state index contributed by atoms with van der Waals surface area (Å²) in [6, 6.07) is 24.5. The first-order valence-electron chi connectivity index (χ1n) is 10.4. The molecule has 2 unspecified atom stereocenters. The third-order valence-corrected chi connectivity index (χ3v) is 4.85. The summed E-state index contributed by atoms with van der Waals surface area (Å²) in [5.74, 6) is -2.61. The Morgan fingerprint density at radius 1 is 0.706 bits per heavy atom. The third kappa shape index (κ3) is 5.31. The van der Waals surface area contributed by atoms with Gasteiger partial charge in [0.2, 0.25) is 0 Å². The minimum Gasteiger partial charge on any atom is -0.454 e. The summed E-state index contributed by atoms with van der Waals surface area (Å²) in [6.07, 6.45) is -3.12. The Hall–Kier alpha value is -4.43. The summed E-state index contributed by atoms with van der Waals surface area (Å²) < 4.78 is 21.4. The second-order valence-corrected chi connectivity index (χ2v) is 7.19. The maximum atomic E-state index is 12.6. The zero-order chi connectivity index (χ0) is 23.9. The Morgan fingerprint density at radius 3 is 1.71 bits per heavy atom. The van der Waals surface area contributed by atoms with Crippen LogP contribution in [0.2, 0.25) is 0 Å². The van der Waals surface area contributed by atoms with Crippen LogP contribution in [0.5, 0.6) is 0 Å². The average molecular weight is 460 g/mol. The molecule has 3 aromatic rings. The highest BCUT2D eigenvalue weighted by molar-refractivity contribution is 5.91. The lowest BCUT2D eigenvalue weighted by Crippen LogP contribution is -2.31. The molecule has 3 aromatic carbocycles. The van der Waals surface area contributed by atoms with Gasteiger partial charge < -0.3 is 24.1 Å². The van der Waals surface area contributed by atoms with Gasteiger partial charge >= 0.3 is 17.9 Å². The van der Waals surface area contributed by atoms with Crippen LogP contribution in [0.3, 0.4) is 0 Å². The lowest BCUT2D eigenvalue weighted by atomic mass is 10.2. The molecule has 172 valence electrons. The number of aliphatic hydroxyl groups is 1. The number of rotatable bonds is 7. The number of ether oxygens (including phenoxy) is 4. The quantitative estimate of drug-likeness (QED) is 0.422. The normalized spacial score (nSPS) is 17.0. The Bertz CT molecular complexity index is 1190. The largest absolute Gasteiger partial charge is 0.454 e. The van der Waals surface area contributed by atoms with Crippen molar-refractivity contribution in [3.63, 3.8) is 0 Å². The monoisotopic (exact) mass is 460 g/mol. The summed E-state index contributed by atoms with van der Waals surface area (Å²) >= 11 is 0. The number of carbonyl (C=O) groups is 3. The van der Waals surface area contributed by atoms with Gasteiger partial charge in [-0.05, 0) is 36.4 Å². The summed E-state index contributed by atoms with van der Waals surface area (Å²) in [5.41, 5.74) is 0.772. The molecule has 0 amide bonds. The van der Waals surface area contributed by atoms with Gasteiger partial charge in [0.25, 0.3) is 6.29 Å². The Labute approximate surface area is 195 Å². The van der Waals surface area contributed by atoms with E-state index in [4.69, 9.17) is 18.9 Å². The number of benzene rings is 3. The van der Waals surface area contributed by atoms with Crippen molar-refractivity contribution in [2.45, 2.75) is 12.4 Å². The van der Waals surface area contributed by atoms with Crippen LogP contribution in [-0.4, -0.2) is 42.0 Å². The SMILES string of the molecule is O=C(OCC1=C(OC(=O)c2ccccc2)C(O)C(OC(=O)c2ccccc2)O1)c1ccccc1. The van der Waals surface area contributed by atoms with Crippen molar-refractivity contribution in [2.75, 3.05) is 6.61 Å². The van der Waals surface area contributed by atoms with E-state index in [9.17, 15) is 19.5 Å². The van der Waals surface area contributed by atoms with Crippen molar-refractivity contribution in [1.29, 1.82) is 0 Å². The first kappa shape index (κ1) is 22.8. The van der Waals surface area contributed by atoms with Crippen LogP contribution in [0.4, 0.5) is 0 Å². The molecule has 0 spiro atoms. The highest BCUT2D eigenvalue weighted by atomic mass is 16.7. The smallest absolute Gasteiger partial charge is 0.343 e. The Morgan fingerprint density at radius 2 is 1.18 bits per heavy atom. The van der Waals surface area contributed by atoms with Crippen molar-refractivity contribution in [3.8, 4) is 0 Å². The molecule has 0 aromatic heterocycles. The molecule has 0 saturated carbocycles. The number of aliphatic hydroxyl groups excluding tert-OH is 1. The van der Waals surface area contributed by atoms with Gasteiger partial charge in [0.15, 0.2) is 24.2 Å². The molecular weight excluding hydrogens is 440 g/mol. The van der Waals surface area contributed by atoms with E-state index in [1.54, 1.807) is 66.7 Å². The van der Waals surface area contributed by atoms with Crippen LogP contribution in [0.25, 0.3) is 0 Å². The summed E-state index contributed by atoms with van der Waals surface area (Å²) in [5, 5.41) is 10.7. The minimum absolute atomic E-state index is 0.146. The van der Waals surface area contributed by atoms with E-state index in [1.807, 2.05) is 0 Å². The molecule has 1 aliphatic rings. The van der Waals surface area contributed by atoms with Crippen molar-refractivity contribution in [3.05, 3.63) is 119 Å². The van der Waals surface area contributed by atoms with Gasteiger partial charge in [-0.15, -0.1) is 0 Å². The molecule has 0 saturated heterocycles. The zero-order valence-corrected chi connectivity index (χ0v) is 17.8. The average Bonchev–Trinajstić information content (AvgIpc) is 3.17. The molecule has 8 nitrogen and oxygen atoms in total. The van der Waals surface area contributed by atoms with Gasteiger partial charge in [-0.3, -0.25) is 0 Å². The summed E-state index contributed by atoms with van der Waals surface area (Å²) in [4.78, 5) is 37.3. The van der Waals surface area contributed by atoms with Crippen LogP contribution in [0, 0.1) is 0 Å². The van der Waals surface area contributed by atoms with Gasteiger partial charge in [-0.25, -0.2) is 14.4 Å². The van der Waals surface area contributed by atoms with Crippen molar-refractivity contribution in [1.82, 2.24) is 0 Å². The van der Waals surface area contributed by atoms with Crippen LogP contribution < -0.4 is 0 Å². The highest BCUT2D eigenvalue weighted by Crippen LogP contribution is 2.29. The number of hydrogen-bond acceptors (Lipinski definition) is 8. The number of esters is 3. The minimum atomic E-state index is -1.62. The lowest BCUT2D eigenvalue weighted by molar-refractivity contribution is -0.119. The first-order chi connectivity index (χ1) is 16.5. The van der Waals surface area contributed by atoms with Crippen LogP contribution in [0.1, 0.15) is 31.1 Å². The maximum Gasteiger partial charge on any atom is 0.343 e. The molecular formula is C26H20O8. The number of hydrogen-bond donors (Lipinski definition) is 1. The fourth-order valence-corrected chi connectivity index (χ4v) is 3.13. The maximum absolute atomic E-state index is 12.6. The van der Waals surface area contributed by atoms with Crippen molar-refractivity contribution < 1.29 is 38.4 Å². The summed E-state index contributed by atoms with van der Waals surface area (Å²) in [6.45, 7) is -0.457. The van der Waals surface area contributed by atoms with E-state index < -0.39 is 36.9 Å². The molecule has 0 radical (unpaired) electrons. The third-order valence-electron chi connectivity index (χ3n) is 4.85. The van der Waals surface area contributed by atoms with E-state index in [-0.39, 0.29) is 22.6 Å². The molecule has 0 aliphatic carbocycles. The molecule has 0 bridgehead atoms. The first-order valence-corrected chi connectivity index (χ1v) is 10.4. The van der Waals surface area contributed by atoms with Gasteiger partial charge in [0.1, 0.15) is 0 Å². The molecule has 8 heteroatoms. The fraction of sp³-hybridized carbons (Fsp3) is 0.115. The molecule has 34 heavy (non-hydrogen) atoms.